The van der Waals surface area contributed by atoms with Crippen LogP contribution in [0, 0.1) is 12.8 Å². The van der Waals surface area contributed by atoms with E-state index in [4.69, 9.17) is 0 Å². The molecular weight excluding hydrogens is 226 g/mol. The summed E-state index contributed by atoms with van der Waals surface area (Å²) in [5, 5.41) is 6.51. The van der Waals surface area contributed by atoms with E-state index in [1.54, 1.807) is 6.20 Å². The van der Waals surface area contributed by atoms with Gasteiger partial charge in [0.25, 0.3) is 5.91 Å². The average molecular weight is 247 g/mol. The van der Waals surface area contributed by atoms with E-state index in [9.17, 15) is 4.79 Å². The first kappa shape index (κ1) is 13.0. The fourth-order valence-corrected chi connectivity index (χ4v) is 2.55. The van der Waals surface area contributed by atoms with Crippen molar-refractivity contribution in [3.63, 3.8) is 0 Å². The molecular formula is C14H21N3O. The van der Waals surface area contributed by atoms with Gasteiger partial charge in [-0.3, -0.25) is 9.78 Å². The quantitative estimate of drug-likeness (QED) is 0.833. The Kier molecular flexibility index (Phi) is 3.97. The van der Waals surface area contributed by atoms with E-state index in [-0.39, 0.29) is 11.9 Å². The van der Waals surface area contributed by atoms with Crippen LogP contribution >= 0.6 is 0 Å². The smallest absolute Gasteiger partial charge is 0.270 e. The lowest BCUT2D eigenvalue weighted by Crippen LogP contribution is -2.56. The van der Waals surface area contributed by atoms with E-state index in [0.29, 0.717) is 17.7 Å². The number of nitrogens with one attached hydrogen (secondary N) is 2. The summed E-state index contributed by atoms with van der Waals surface area (Å²) in [6, 6.07) is 4.24. The van der Waals surface area contributed by atoms with Crippen molar-refractivity contribution >= 4 is 5.91 Å². The normalized spacial score (nSPS) is 27.8. The third kappa shape index (κ3) is 2.70. The van der Waals surface area contributed by atoms with Crippen LogP contribution in [-0.2, 0) is 0 Å². The summed E-state index contributed by atoms with van der Waals surface area (Å²) in [4.78, 5) is 16.4. The minimum atomic E-state index is -0.0690. The van der Waals surface area contributed by atoms with Gasteiger partial charge in [0.1, 0.15) is 5.69 Å². The Morgan fingerprint density at radius 1 is 1.50 bits per heavy atom. The van der Waals surface area contributed by atoms with Crippen molar-refractivity contribution in [1.82, 2.24) is 15.6 Å². The first-order chi connectivity index (χ1) is 8.59. The molecule has 3 unspecified atom stereocenters. The van der Waals surface area contributed by atoms with Crippen molar-refractivity contribution in [3.05, 3.63) is 29.6 Å². The summed E-state index contributed by atoms with van der Waals surface area (Å²) in [5.74, 6) is 0.426. The van der Waals surface area contributed by atoms with E-state index in [1.807, 2.05) is 19.1 Å². The average Bonchev–Trinajstić information content (AvgIpc) is 2.34. The zero-order chi connectivity index (χ0) is 13.1. The number of nitrogens with zero attached hydrogens (tertiary/aromatic N) is 1. The van der Waals surface area contributed by atoms with E-state index in [1.165, 1.54) is 0 Å². The fraction of sp³-hybridized carbons (Fsp3) is 0.571. The van der Waals surface area contributed by atoms with E-state index in [2.05, 4.69) is 29.5 Å². The second-order valence-corrected chi connectivity index (χ2v) is 5.18. The van der Waals surface area contributed by atoms with Crippen LogP contribution in [0.15, 0.2) is 18.3 Å². The van der Waals surface area contributed by atoms with Gasteiger partial charge in [-0.05, 0) is 44.4 Å². The van der Waals surface area contributed by atoms with Crippen LogP contribution in [0.4, 0.5) is 0 Å². The number of amides is 1. The number of carbonyl (C=O) groups excluding carboxylic acids is 1. The number of hydrogen-bond donors (Lipinski definition) is 2. The number of rotatable bonds is 2. The second kappa shape index (κ2) is 5.48. The number of pyridine rings is 1. The molecule has 1 aromatic heterocycles. The first-order valence-electron chi connectivity index (χ1n) is 6.55. The molecule has 98 valence electrons. The lowest BCUT2D eigenvalue weighted by Gasteiger charge is -2.35. The van der Waals surface area contributed by atoms with Gasteiger partial charge >= 0.3 is 0 Å². The predicted molar refractivity (Wildman–Crippen MR) is 71.5 cm³/mol. The van der Waals surface area contributed by atoms with E-state index >= 15 is 0 Å². The summed E-state index contributed by atoms with van der Waals surface area (Å²) < 4.78 is 0. The molecule has 1 aromatic rings. The molecule has 4 heteroatoms. The summed E-state index contributed by atoms with van der Waals surface area (Å²) in [6.45, 7) is 7.24. The molecule has 1 saturated heterocycles. The van der Waals surface area contributed by atoms with Crippen LogP contribution in [0.2, 0.25) is 0 Å². The third-order valence-corrected chi connectivity index (χ3v) is 3.74. The molecule has 0 bridgehead atoms. The first-order valence-corrected chi connectivity index (χ1v) is 6.55. The molecule has 1 aliphatic heterocycles. The molecule has 0 aliphatic carbocycles. The maximum absolute atomic E-state index is 12.2. The number of aromatic nitrogens is 1. The second-order valence-electron chi connectivity index (χ2n) is 5.18. The Hall–Kier alpha value is -1.42. The number of carbonyl (C=O) groups is 1. The molecule has 2 heterocycles. The zero-order valence-electron chi connectivity index (χ0n) is 11.2. The molecule has 2 rings (SSSR count). The van der Waals surface area contributed by atoms with Crippen molar-refractivity contribution in [1.29, 1.82) is 0 Å². The number of aryl methyl sites for hydroxylation is 1. The van der Waals surface area contributed by atoms with Gasteiger partial charge < -0.3 is 10.6 Å². The lowest BCUT2D eigenvalue weighted by molar-refractivity contribution is 0.0892. The molecule has 1 aliphatic rings. The van der Waals surface area contributed by atoms with Crippen LogP contribution in [0.5, 0.6) is 0 Å². The fourth-order valence-electron chi connectivity index (χ4n) is 2.55. The highest BCUT2D eigenvalue weighted by atomic mass is 16.2. The molecule has 0 aromatic carbocycles. The molecule has 0 saturated carbocycles. The topological polar surface area (TPSA) is 54.0 Å². The summed E-state index contributed by atoms with van der Waals surface area (Å²) >= 11 is 0. The molecule has 18 heavy (non-hydrogen) atoms. The SMILES string of the molecule is Cc1cccnc1C(=O)NC1C(C)CCNC1C. The van der Waals surface area contributed by atoms with Gasteiger partial charge in [0, 0.05) is 18.3 Å². The third-order valence-electron chi connectivity index (χ3n) is 3.74. The Bertz CT molecular complexity index is 423. The highest BCUT2D eigenvalue weighted by molar-refractivity contribution is 5.93. The standard InChI is InChI=1S/C14H21N3O/c1-9-5-4-7-16-13(9)14(18)17-12-10(2)6-8-15-11(12)3/h4-5,7,10-12,15H,6,8H2,1-3H3,(H,17,18). The van der Waals surface area contributed by atoms with Gasteiger partial charge in [-0.2, -0.15) is 0 Å². The summed E-state index contributed by atoms with van der Waals surface area (Å²) in [7, 11) is 0. The molecule has 3 atom stereocenters. The summed E-state index contributed by atoms with van der Waals surface area (Å²) in [6.07, 6.45) is 2.75. The van der Waals surface area contributed by atoms with E-state index in [0.717, 1.165) is 18.5 Å². The van der Waals surface area contributed by atoms with Gasteiger partial charge in [0.05, 0.1) is 0 Å². The van der Waals surface area contributed by atoms with Crippen molar-refractivity contribution in [2.24, 2.45) is 5.92 Å². The molecule has 2 N–H and O–H groups in total. The predicted octanol–water partition coefficient (Wildman–Crippen LogP) is 1.51. The molecule has 0 spiro atoms. The maximum Gasteiger partial charge on any atom is 0.270 e. The summed E-state index contributed by atoms with van der Waals surface area (Å²) in [5.41, 5.74) is 1.45. The van der Waals surface area contributed by atoms with Crippen LogP contribution in [-0.4, -0.2) is 29.5 Å². The van der Waals surface area contributed by atoms with Crippen molar-refractivity contribution in [3.8, 4) is 0 Å². The van der Waals surface area contributed by atoms with Gasteiger partial charge in [-0.15, -0.1) is 0 Å². The zero-order valence-corrected chi connectivity index (χ0v) is 11.2. The Labute approximate surface area is 108 Å². The Morgan fingerprint density at radius 2 is 2.28 bits per heavy atom. The minimum Gasteiger partial charge on any atom is -0.346 e. The highest BCUT2D eigenvalue weighted by Gasteiger charge is 2.29. The Balaban J connectivity index is 2.09. The highest BCUT2D eigenvalue weighted by Crippen LogP contribution is 2.17. The van der Waals surface area contributed by atoms with Crippen LogP contribution in [0.25, 0.3) is 0 Å². The van der Waals surface area contributed by atoms with Crippen molar-refractivity contribution in [2.45, 2.75) is 39.3 Å². The molecule has 1 fully saturated rings. The molecule has 0 radical (unpaired) electrons. The van der Waals surface area contributed by atoms with Crippen molar-refractivity contribution in [2.75, 3.05) is 6.54 Å². The lowest BCUT2D eigenvalue weighted by atomic mass is 9.89. The number of piperidine rings is 1. The Morgan fingerprint density at radius 3 is 2.94 bits per heavy atom. The molecule has 1 amide bonds. The monoisotopic (exact) mass is 247 g/mol. The largest absolute Gasteiger partial charge is 0.346 e. The van der Waals surface area contributed by atoms with Gasteiger partial charge in [-0.1, -0.05) is 13.0 Å². The van der Waals surface area contributed by atoms with Crippen LogP contribution < -0.4 is 10.6 Å². The van der Waals surface area contributed by atoms with Crippen molar-refractivity contribution < 1.29 is 4.79 Å². The van der Waals surface area contributed by atoms with Crippen LogP contribution in [0.3, 0.4) is 0 Å². The van der Waals surface area contributed by atoms with Gasteiger partial charge in [0.15, 0.2) is 0 Å². The minimum absolute atomic E-state index is 0.0690. The van der Waals surface area contributed by atoms with Gasteiger partial charge in [0.2, 0.25) is 0 Å². The van der Waals surface area contributed by atoms with E-state index < -0.39 is 0 Å². The van der Waals surface area contributed by atoms with Gasteiger partial charge in [-0.25, -0.2) is 0 Å². The van der Waals surface area contributed by atoms with Crippen LogP contribution in [0.1, 0.15) is 36.3 Å². The molecule has 4 nitrogen and oxygen atoms in total. The maximum atomic E-state index is 12.2. The number of hydrogen-bond acceptors (Lipinski definition) is 3.